The van der Waals surface area contributed by atoms with Crippen LogP contribution in [0.15, 0.2) is 23.2 Å². The van der Waals surface area contributed by atoms with Crippen LogP contribution in [0.4, 0.5) is 10.6 Å². The van der Waals surface area contributed by atoms with Gasteiger partial charge in [-0.3, -0.25) is 10.1 Å². The number of anilines is 1. The van der Waals surface area contributed by atoms with Gasteiger partial charge < -0.3 is 10.5 Å². The van der Waals surface area contributed by atoms with Gasteiger partial charge in [-0.15, -0.1) is 11.8 Å². The van der Waals surface area contributed by atoms with E-state index in [4.69, 9.17) is 5.73 Å². The number of nitrogens with one attached hydrogen (secondary N) is 1. The molecule has 0 saturated carbocycles. The normalized spacial score (nSPS) is 9.56. The first-order valence-electron chi connectivity index (χ1n) is 4.34. The lowest BCUT2D eigenvalue weighted by atomic mass is 10.5. The molecule has 0 unspecified atom stereocenters. The van der Waals surface area contributed by atoms with Crippen molar-refractivity contribution in [1.82, 2.24) is 10.3 Å². The molecule has 0 aliphatic rings. The molecule has 2 amide bonds. The topological polar surface area (TPSA) is 94.3 Å². The minimum absolute atomic E-state index is 0.112. The van der Waals surface area contributed by atoms with E-state index >= 15 is 0 Å². The molecule has 0 spiro atoms. The van der Waals surface area contributed by atoms with Crippen LogP contribution < -0.4 is 11.1 Å². The fourth-order valence-corrected chi connectivity index (χ4v) is 1.49. The van der Waals surface area contributed by atoms with Gasteiger partial charge in [-0.05, 0) is 12.1 Å². The molecule has 0 saturated heterocycles. The summed E-state index contributed by atoms with van der Waals surface area (Å²) in [7, 11) is 1.19. The summed E-state index contributed by atoms with van der Waals surface area (Å²) >= 11 is 1.25. The molecule has 1 rings (SSSR count). The lowest BCUT2D eigenvalue weighted by molar-refractivity contribution is -0.117. The first-order valence-corrected chi connectivity index (χ1v) is 5.32. The van der Waals surface area contributed by atoms with Crippen molar-refractivity contribution in [3.8, 4) is 0 Å². The van der Waals surface area contributed by atoms with Gasteiger partial charge in [0.2, 0.25) is 5.91 Å². The molecule has 1 aromatic heterocycles. The fraction of sp³-hybridized carbons (Fsp3) is 0.222. The number of nitrogens with two attached hydrogens (primary N) is 1. The van der Waals surface area contributed by atoms with Gasteiger partial charge in [-0.25, -0.2) is 9.78 Å². The van der Waals surface area contributed by atoms with Crippen molar-refractivity contribution >= 4 is 29.6 Å². The van der Waals surface area contributed by atoms with Crippen molar-refractivity contribution < 1.29 is 14.3 Å². The molecule has 0 atom stereocenters. The Labute approximate surface area is 96.6 Å². The van der Waals surface area contributed by atoms with Crippen LogP contribution in [-0.4, -0.2) is 29.8 Å². The molecule has 0 aliphatic carbocycles. The number of thioether (sulfide) groups is 1. The SMILES string of the molecule is COC(=O)NC(=O)CSc1ccc(N)nc1. The van der Waals surface area contributed by atoms with Crippen LogP contribution in [0, 0.1) is 0 Å². The Bertz CT molecular complexity index is 380. The number of imide groups is 1. The van der Waals surface area contributed by atoms with Crippen molar-refractivity contribution in [3.05, 3.63) is 18.3 Å². The van der Waals surface area contributed by atoms with E-state index < -0.39 is 12.0 Å². The molecular weight excluding hydrogens is 230 g/mol. The Morgan fingerprint density at radius 2 is 2.31 bits per heavy atom. The molecule has 0 aliphatic heterocycles. The van der Waals surface area contributed by atoms with Gasteiger partial charge in [-0.2, -0.15) is 0 Å². The average Bonchev–Trinajstić information content (AvgIpc) is 2.28. The molecule has 3 N–H and O–H groups in total. The van der Waals surface area contributed by atoms with Gasteiger partial charge in [0.15, 0.2) is 0 Å². The minimum Gasteiger partial charge on any atom is -0.453 e. The fourth-order valence-electron chi connectivity index (χ4n) is 0.827. The maximum Gasteiger partial charge on any atom is 0.413 e. The van der Waals surface area contributed by atoms with Gasteiger partial charge in [-0.1, -0.05) is 0 Å². The van der Waals surface area contributed by atoms with Crippen LogP contribution >= 0.6 is 11.8 Å². The summed E-state index contributed by atoms with van der Waals surface area (Å²) in [6.45, 7) is 0. The van der Waals surface area contributed by atoms with Crippen molar-refractivity contribution in [2.24, 2.45) is 0 Å². The minimum atomic E-state index is -0.763. The zero-order valence-electron chi connectivity index (χ0n) is 8.60. The number of carbonyl (C=O) groups excluding carboxylic acids is 2. The number of amides is 2. The second kappa shape index (κ2) is 5.96. The molecule has 0 fully saturated rings. The molecule has 1 aromatic rings. The predicted molar refractivity (Wildman–Crippen MR) is 59.9 cm³/mol. The average molecular weight is 241 g/mol. The number of nitrogen functional groups attached to an aromatic ring is 1. The van der Waals surface area contributed by atoms with E-state index in [2.05, 4.69) is 9.72 Å². The smallest absolute Gasteiger partial charge is 0.413 e. The quantitative estimate of drug-likeness (QED) is 0.754. The number of ether oxygens (including phenoxy) is 1. The summed E-state index contributed by atoms with van der Waals surface area (Å²) in [5.41, 5.74) is 5.41. The Morgan fingerprint density at radius 1 is 1.56 bits per heavy atom. The van der Waals surface area contributed by atoms with E-state index in [1.54, 1.807) is 18.3 Å². The molecular formula is C9H11N3O3S. The summed E-state index contributed by atoms with van der Waals surface area (Å²) in [4.78, 5) is 26.5. The van der Waals surface area contributed by atoms with Crippen molar-refractivity contribution in [2.75, 3.05) is 18.6 Å². The second-order valence-corrected chi connectivity index (χ2v) is 3.80. The van der Waals surface area contributed by atoms with Gasteiger partial charge in [0.25, 0.3) is 0 Å². The molecule has 0 bridgehead atoms. The van der Waals surface area contributed by atoms with Crippen LogP contribution in [0.3, 0.4) is 0 Å². The van der Waals surface area contributed by atoms with Crippen LogP contribution in [0.5, 0.6) is 0 Å². The number of alkyl carbamates (subject to hydrolysis) is 1. The van der Waals surface area contributed by atoms with Crippen molar-refractivity contribution in [3.63, 3.8) is 0 Å². The van der Waals surface area contributed by atoms with Crippen molar-refractivity contribution in [2.45, 2.75) is 4.90 Å². The Morgan fingerprint density at radius 3 is 2.88 bits per heavy atom. The van der Waals surface area contributed by atoms with Crippen molar-refractivity contribution in [1.29, 1.82) is 0 Å². The van der Waals surface area contributed by atoms with Gasteiger partial charge in [0, 0.05) is 11.1 Å². The zero-order chi connectivity index (χ0) is 12.0. The third kappa shape index (κ3) is 4.18. The highest BCUT2D eigenvalue weighted by molar-refractivity contribution is 8.00. The maximum absolute atomic E-state index is 11.2. The Kier molecular flexibility index (Phi) is 4.59. The lowest BCUT2D eigenvalue weighted by Gasteiger charge is -2.02. The monoisotopic (exact) mass is 241 g/mol. The third-order valence-electron chi connectivity index (χ3n) is 1.56. The standard InChI is InChI=1S/C9H11N3O3S/c1-15-9(14)12-8(13)5-16-6-2-3-7(10)11-4-6/h2-4H,5H2,1H3,(H2,10,11)(H,12,13,14). The molecule has 0 aromatic carbocycles. The summed E-state index contributed by atoms with van der Waals surface area (Å²) in [6.07, 6.45) is 0.798. The number of aromatic nitrogens is 1. The molecule has 7 heteroatoms. The zero-order valence-corrected chi connectivity index (χ0v) is 9.41. The highest BCUT2D eigenvalue weighted by Crippen LogP contribution is 2.16. The highest BCUT2D eigenvalue weighted by atomic mass is 32.2. The van der Waals surface area contributed by atoms with E-state index in [1.165, 1.54) is 18.9 Å². The maximum atomic E-state index is 11.2. The lowest BCUT2D eigenvalue weighted by Crippen LogP contribution is -2.31. The van der Waals surface area contributed by atoms with Crippen LogP contribution in [0.2, 0.25) is 0 Å². The third-order valence-corrected chi connectivity index (χ3v) is 2.54. The molecule has 0 radical (unpaired) electrons. The highest BCUT2D eigenvalue weighted by Gasteiger charge is 2.07. The van der Waals surface area contributed by atoms with Gasteiger partial charge >= 0.3 is 6.09 Å². The van der Waals surface area contributed by atoms with Crippen LogP contribution in [0.1, 0.15) is 0 Å². The number of pyridine rings is 1. The first kappa shape index (κ1) is 12.3. The summed E-state index contributed by atoms with van der Waals surface area (Å²) < 4.78 is 4.28. The molecule has 6 nitrogen and oxygen atoms in total. The number of methoxy groups -OCH3 is 1. The van der Waals surface area contributed by atoms with Gasteiger partial charge in [0.05, 0.1) is 12.9 Å². The van der Waals surface area contributed by atoms with E-state index in [0.29, 0.717) is 5.82 Å². The second-order valence-electron chi connectivity index (χ2n) is 2.75. The van der Waals surface area contributed by atoms with E-state index in [1.807, 2.05) is 5.32 Å². The largest absolute Gasteiger partial charge is 0.453 e. The number of hydrogen-bond donors (Lipinski definition) is 2. The van der Waals surface area contributed by atoms with E-state index in [9.17, 15) is 9.59 Å². The van der Waals surface area contributed by atoms with Gasteiger partial charge in [0.1, 0.15) is 5.82 Å². The first-order chi connectivity index (χ1) is 7.61. The Balaban J connectivity index is 2.37. The number of hydrogen-bond acceptors (Lipinski definition) is 6. The van der Waals surface area contributed by atoms with E-state index in [0.717, 1.165) is 4.90 Å². The number of rotatable bonds is 3. The van der Waals surface area contributed by atoms with E-state index in [-0.39, 0.29) is 5.75 Å². The molecule has 86 valence electrons. The molecule has 1 heterocycles. The molecule has 16 heavy (non-hydrogen) atoms. The van der Waals surface area contributed by atoms with Crippen LogP contribution in [-0.2, 0) is 9.53 Å². The number of carbonyl (C=O) groups is 2. The number of nitrogens with zero attached hydrogens (tertiary/aromatic N) is 1. The summed E-state index contributed by atoms with van der Waals surface area (Å²) in [6, 6.07) is 3.39. The predicted octanol–water partition coefficient (Wildman–Crippen LogP) is 0.639. The Hall–Kier alpha value is -1.76. The summed E-state index contributed by atoms with van der Waals surface area (Å²) in [5, 5.41) is 2.05. The van der Waals surface area contributed by atoms with Crippen LogP contribution in [0.25, 0.3) is 0 Å². The summed E-state index contributed by atoms with van der Waals surface area (Å²) in [5.74, 6) is 0.109.